The van der Waals surface area contributed by atoms with Gasteiger partial charge in [0, 0.05) is 57.2 Å². The Morgan fingerprint density at radius 1 is 0.403 bits per heavy atom. The molecule has 0 unspecified atom stereocenters. The molecule has 0 N–H and O–H groups in total. The second-order valence-corrected chi connectivity index (χ2v) is 15.3. The Labute approximate surface area is 357 Å². The zero-order chi connectivity index (χ0) is 41.0. The van der Waals surface area contributed by atoms with Crippen molar-refractivity contribution in [3.63, 3.8) is 0 Å². The van der Waals surface area contributed by atoms with Crippen LogP contribution in [-0.4, -0.2) is 19.5 Å². The number of rotatable bonds is 8. The van der Waals surface area contributed by atoms with E-state index in [-0.39, 0.29) is 0 Å². The molecular formula is C55H36N6O. The van der Waals surface area contributed by atoms with Gasteiger partial charge in [-0.3, -0.25) is 14.4 Å². The molecule has 7 heteroatoms. The number of aromatic nitrogens is 4. The lowest BCUT2D eigenvalue weighted by molar-refractivity contribution is 0.669. The highest BCUT2D eigenvalue weighted by Gasteiger charge is 2.20. The largest absolute Gasteiger partial charge is 0.456 e. The summed E-state index contributed by atoms with van der Waals surface area (Å²) in [6.45, 7) is 0. The quantitative estimate of drug-likeness (QED) is 0.143. The van der Waals surface area contributed by atoms with Crippen LogP contribution in [0.15, 0.2) is 223 Å². The number of fused-ring (bicyclic) bond motifs is 7. The highest BCUT2D eigenvalue weighted by molar-refractivity contribution is 6.10. The van der Waals surface area contributed by atoms with E-state index < -0.39 is 0 Å². The van der Waals surface area contributed by atoms with Gasteiger partial charge in [-0.2, -0.15) is 0 Å². The zero-order valence-electron chi connectivity index (χ0n) is 33.4. The second kappa shape index (κ2) is 14.6. The Hall–Kier alpha value is -8.55. The summed E-state index contributed by atoms with van der Waals surface area (Å²) in [5.41, 5.74) is 9.89. The first-order valence-electron chi connectivity index (χ1n) is 20.7. The smallest absolute Gasteiger partial charge is 0.145 e. The van der Waals surface area contributed by atoms with Crippen molar-refractivity contribution < 1.29 is 4.42 Å². The average molecular weight is 797 g/mol. The Kier molecular flexibility index (Phi) is 8.35. The summed E-state index contributed by atoms with van der Waals surface area (Å²) in [6, 6.07) is 71.7. The normalized spacial score (nSPS) is 11.5. The maximum Gasteiger partial charge on any atom is 0.145 e. The second-order valence-electron chi connectivity index (χ2n) is 15.3. The van der Waals surface area contributed by atoms with Gasteiger partial charge in [0.15, 0.2) is 0 Å². The molecule has 0 radical (unpaired) electrons. The molecule has 0 amide bonds. The molecule has 12 aromatic rings. The third-order valence-corrected chi connectivity index (χ3v) is 11.7. The van der Waals surface area contributed by atoms with E-state index in [9.17, 15) is 0 Å². The van der Waals surface area contributed by atoms with Gasteiger partial charge in [0.2, 0.25) is 0 Å². The molecule has 0 saturated heterocycles. The highest BCUT2D eigenvalue weighted by atomic mass is 16.3. The van der Waals surface area contributed by atoms with Crippen LogP contribution in [0, 0.1) is 0 Å². The van der Waals surface area contributed by atoms with Gasteiger partial charge in [0.05, 0.1) is 11.0 Å². The summed E-state index contributed by atoms with van der Waals surface area (Å²) < 4.78 is 8.41. The molecule has 4 heterocycles. The fourth-order valence-electron chi connectivity index (χ4n) is 8.79. The summed E-state index contributed by atoms with van der Waals surface area (Å²) in [6.07, 6.45) is 3.68. The molecule has 4 aromatic heterocycles. The van der Waals surface area contributed by atoms with Crippen molar-refractivity contribution in [3.05, 3.63) is 219 Å². The van der Waals surface area contributed by atoms with Crippen molar-refractivity contribution in [3.8, 4) is 17.1 Å². The summed E-state index contributed by atoms with van der Waals surface area (Å²) in [7, 11) is 0. The molecule has 292 valence electrons. The maximum atomic E-state index is 6.18. The predicted octanol–water partition coefficient (Wildman–Crippen LogP) is 14.6. The standard InChI is InChI=1S/C55H36N6O/c1-2-12-40(13-3-1)61-50-16-6-5-15-49(50)58-55(61)37-22-24-41(25-23-37)59(53-18-8-10-32-56-53)42-26-29-45-38(34-42)20-21-39-35-43(27-30-46(39)45)60(54-19-9-11-33-57-54)44-28-31-52-48(36-44)47-14-4-7-17-51(47)62-52/h1-36H. The van der Waals surface area contributed by atoms with Gasteiger partial charge in [-0.1, -0.05) is 84.9 Å². The third-order valence-electron chi connectivity index (χ3n) is 11.7. The number of pyridine rings is 2. The minimum absolute atomic E-state index is 0.831. The summed E-state index contributed by atoms with van der Waals surface area (Å²) in [4.78, 5) is 19.1. The van der Waals surface area contributed by atoms with Gasteiger partial charge in [0.1, 0.15) is 28.6 Å². The van der Waals surface area contributed by atoms with Crippen molar-refractivity contribution in [1.29, 1.82) is 0 Å². The molecule has 0 aliphatic carbocycles. The van der Waals surface area contributed by atoms with Gasteiger partial charge in [-0.15, -0.1) is 0 Å². The van der Waals surface area contributed by atoms with Gasteiger partial charge in [-0.25, -0.2) is 15.0 Å². The molecule has 0 bridgehead atoms. The van der Waals surface area contributed by atoms with Gasteiger partial charge in [0.25, 0.3) is 0 Å². The molecule has 12 rings (SSSR count). The van der Waals surface area contributed by atoms with Crippen molar-refractivity contribution >= 4 is 88.9 Å². The molecular weight excluding hydrogens is 761 g/mol. The number of para-hydroxylation sites is 4. The molecule has 0 saturated carbocycles. The zero-order valence-corrected chi connectivity index (χ0v) is 33.4. The third kappa shape index (κ3) is 6.02. The van der Waals surface area contributed by atoms with E-state index in [1.165, 1.54) is 10.8 Å². The van der Waals surface area contributed by atoms with E-state index in [0.717, 1.165) is 95.2 Å². The van der Waals surface area contributed by atoms with Crippen molar-refractivity contribution in [1.82, 2.24) is 19.5 Å². The lowest BCUT2D eigenvalue weighted by Gasteiger charge is -2.25. The molecule has 0 aliphatic heterocycles. The lowest BCUT2D eigenvalue weighted by Crippen LogP contribution is -2.11. The number of hydrogen-bond acceptors (Lipinski definition) is 6. The number of furan rings is 1. The van der Waals surface area contributed by atoms with E-state index in [2.05, 4.69) is 166 Å². The molecule has 62 heavy (non-hydrogen) atoms. The van der Waals surface area contributed by atoms with Crippen molar-refractivity contribution in [2.24, 2.45) is 0 Å². The van der Waals surface area contributed by atoms with E-state index in [0.29, 0.717) is 0 Å². The van der Waals surface area contributed by atoms with Crippen LogP contribution in [0.25, 0.3) is 71.6 Å². The van der Waals surface area contributed by atoms with Crippen LogP contribution in [0.3, 0.4) is 0 Å². The van der Waals surface area contributed by atoms with Crippen molar-refractivity contribution in [2.75, 3.05) is 9.80 Å². The number of anilines is 6. The highest BCUT2D eigenvalue weighted by Crippen LogP contribution is 2.41. The van der Waals surface area contributed by atoms with Crippen LogP contribution in [0.4, 0.5) is 34.4 Å². The minimum Gasteiger partial charge on any atom is -0.456 e. The number of nitrogens with zero attached hydrogens (tertiary/aromatic N) is 6. The van der Waals surface area contributed by atoms with E-state index in [4.69, 9.17) is 19.4 Å². The number of hydrogen-bond donors (Lipinski definition) is 0. The fourth-order valence-corrected chi connectivity index (χ4v) is 8.79. The van der Waals surface area contributed by atoms with Crippen molar-refractivity contribution in [2.45, 2.75) is 0 Å². The Morgan fingerprint density at radius 2 is 0.968 bits per heavy atom. The van der Waals surface area contributed by atoms with Crippen LogP contribution in [0.5, 0.6) is 0 Å². The van der Waals surface area contributed by atoms with E-state index >= 15 is 0 Å². The monoisotopic (exact) mass is 796 g/mol. The van der Waals surface area contributed by atoms with Crippen LogP contribution in [-0.2, 0) is 0 Å². The molecule has 0 fully saturated rings. The average Bonchev–Trinajstić information content (AvgIpc) is 3.92. The van der Waals surface area contributed by atoms with Crippen LogP contribution in [0.1, 0.15) is 0 Å². The van der Waals surface area contributed by atoms with Gasteiger partial charge >= 0.3 is 0 Å². The first-order chi connectivity index (χ1) is 30.7. The Morgan fingerprint density at radius 3 is 1.66 bits per heavy atom. The Balaban J connectivity index is 0.926. The van der Waals surface area contributed by atoms with Crippen LogP contribution >= 0.6 is 0 Å². The summed E-state index contributed by atoms with van der Waals surface area (Å²) in [5.74, 6) is 2.56. The predicted molar refractivity (Wildman–Crippen MR) is 254 cm³/mol. The van der Waals surface area contributed by atoms with E-state index in [1.54, 1.807) is 0 Å². The van der Waals surface area contributed by atoms with E-state index in [1.807, 2.05) is 67.0 Å². The fraction of sp³-hybridized carbons (Fsp3) is 0. The first-order valence-corrected chi connectivity index (χ1v) is 20.7. The topological polar surface area (TPSA) is 63.2 Å². The first kappa shape index (κ1) is 35.4. The number of benzene rings is 8. The minimum atomic E-state index is 0.831. The Bertz CT molecular complexity index is 3580. The molecule has 0 atom stereocenters. The lowest BCUT2D eigenvalue weighted by atomic mass is 10.00. The van der Waals surface area contributed by atoms with Gasteiger partial charge < -0.3 is 4.42 Å². The number of imidazole rings is 1. The SMILES string of the molecule is c1ccc(-n2c(-c3ccc(N(c4ccc5c(ccc6cc(N(c7ccc8oc9ccccc9c8c7)c7ccccn7)ccc65)c4)c4ccccn4)cc3)nc3ccccc32)cc1. The summed E-state index contributed by atoms with van der Waals surface area (Å²) >= 11 is 0. The molecule has 0 aliphatic rings. The summed E-state index contributed by atoms with van der Waals surface area (Å²) in [5, 5.41) is 6.78. The molecule has 7 nitrogen and oxygen atoms in total. The molecule has 8 aromatic carbocycles. The van der Waals surface area contributed by atoms with Gasteiger partial charge in [-0.05, 0) is 143 Å². The maximum absolute atomic E-state index is 6.18. The van der Waals surface area contributed by atoms with Crippen LogP contribution in [0.2, 0.25) is 0 Å². The molecule has 0 spiro atoms. The van der Waals surface area contributed by atoms with Crippen LogP contribution < -0.4 is 9.80 Å².